The highest BCUT2D eigenvalue weighted by molar-refractivity contribution is 6.00. The zero-order chi connectivity index (χ0) is 19.7. The minimum atomic E-state index is -0.445. The molecule has 144 valence electrons. The summed E-state index contributed by atoms with van der Waals surface area (Å²) in [6, 6.07) is 14.3. The van der Waals surface area contributed by atoms with Gasteiger partial charge in [0.05, 0.1) is 5.52 Å². The van der Waals surface area contributed by atoms with Crippen LogP contribution in [0.4, 0.5) is 0 Å². The molecule has 1 aromatic heterocycles. The second-order valence-corrected chi connectivity index (χ2v) is 6.94. The molecule has 3 aromatic rings. The summed E-state index contributed by atoms with van der Waals surface area (Å²) in [6.07, 6.45) is 0.645. The van der Waals surface area contributed by atoms with E-state index in [4.69, 9.17) is 4.42 Å². The number of rotatable bonds is 6. The molecule has 4 rings (SSSR count). The van der Waals surface area contributed by atoms with Gasteiger partial charge in [0.15, 0.2) is 5.58 Å². The second-order valence-electron chi connectivity index (χ2n) is 6.94. The van der Waals surface area contributed by atoms with Crippen LogP contribution in [0, 0.1) is 0 Å². The molecule has 0 saturated heterocycles. The molecule has 7 nitrogen and oxygen atoms in total. The molecule has 1 N–H and O–H groups in total. The Balaban J connectivity index is 1.43. The predicted molar refractivity (Wildman–Crippen MR) is 104 cm³/mol. The van der Waals surface area contributed by atoms with E-state index in [1.54, 1.807) is 18.2 Å². The van der Waals surface area contributed by atoms with Gasteiger partial charge in [-0.2, -0.15) is 0 Å². The molecule has 2 heterocycles. The maximum absolute atomic E-state index is 12.5. The van der Waals surface area contributed by atoms with Gasteiger partial charge >= 0.3 is 5.76 Å². The summed E-state index contributed by atoms with van der Waals surface area (Å²) >= 11 is 0. The third kappa shape index (κ3) is 3.31. The van der Waals surface area contributed by atoms with Gasteiger partial charge in [-0.05, 0) is 30.2 Å². The van der Waals surface area contributed by atoms with Gasteiger partial charge in [-0.3, -0.25) is 14.2 Å². The number of carbonyl (C=O) groups is 2. The number of oxazole rings is 1. The number of aromatic nitrogens is 1. The Morgan fingerprint density at radius 3 is 2.68 bits per heavy atom. The number of nitrogens with one attached hydrogen (secondary N) is 1. The van der Waals surface area contributed by atoms with Gasteiger partial charge in [-0.15, -0.1) is 0 Å². The fourth-order valence-corrected chi connectivity index (χ4v) is 3.57. The summed E-state index contributed by atoms with van der Waals surface area (Å²) in [6.45, 7) is 2.68. The van der Waals surface area contributed by atoms with Gasteiger partial charge in [-0.25, -0.2) is 4.79 Å². The number of para-hydroxylation sites is 2. The molecule has 0 saturated carbocycles. The lowest BCUT2D eigenvalue weighted by molar-refractivity contribution is -0.122. The highest BCUT2D eigenvalue weighted by Crippen LogP contribution is 2.21. The fourth-order valence-electron chi connectivity index (χ4n) is 3.57. The lowest BCUT2D eigenvalue weighted by Crippen LogP contribution is -2.44. The van der Waals surface area contributed by atoms with Crippen LogP contribution in [0.2, 0.25) is 0 Å². The van der Waals surface area contributed by atoms with E-state index in [-0.39, 0.29) is 24.4 Å². The molecule has 1 atom stereocenters. The van der Waals surface area contributed by atoms with Crippen molar-refractivity contribution in [1.29, 1.82) is 0 Å². The maximum atomic E-state index is 12.5. The van der Waals surface area contributed by atoms with Gasteiger partial charge in [0, 0.05) is 24.7 Å². The molecule has 1 aliphatic heterocycles. The van der Waals surface area contributed by atoms with Crippen molar-refractivity contribution in [1.82, 2.24) is 14.8 Å². The van der Waals surface area contributed by atoms with Crippen molar-refractivity contribution < 1.29 is 14.0 Å². The second kappa shape index (κ2) is 7.34. The Kier molecular flexibility index (Phi) is 4.73. The Morgan fingerprint density at radius 1 is 1.14 bits per heavy atom. The normalized spacial score (nSPS) is 14.3. The van der Waals surface area contributed by atoms with Gasteiger partial charge in [0.1, 0.15) is 6.54 Å². The van der Waals surface area contributed by atoms with Crippen molar-refractivity contribution >= 4 is 22.9 Å². The van der Waals surface area contributed by atoms with Crippen LogP contribution in [0.3, 0.4) is 0 Å². The van der Waals surface area contributed by atoms with Crippen LogP contribution < -0.4 is 11.1 Å². The van der Waals surface area contributed by atoms with E-state index in [9.17, 15) is 14.4 Å². The van der Waals surface area contributed by atoms with E-state index in [1.165, 1.54) is 9.47 Å². The summed E-state index contributed by atoms with van der Waals surface area (Å²) in [7, 11) is 0. The summed E-state index contributed by atoms with van der Waals surface area (Å²) in [5.41, 5.74) is 2.81. The quantitative estimate of drug-likeness (QED) is 0.711. The first kappa shape index (κ1) is 18.0. The van der Waals surface area contributed by atoms with Crippen molar-refractivity contribution in [2.45, 2.75) is 32.5 Å². The predicted octanol–water partition coefficient (Wildman–Crippen LogP) is 2.15. The molecule has 2 amide bonds. The third-order valence-corrected chi connectivity index (χ3v) is 5.07. The van der Waals surface area contributed by atoms with E-state index in [0.717, 1.165) is 5.56 Å². The molecule has 1 aliphatic rings. The average Bonchev–Trinajstić information content (AvgIpc) is 3.18. The van der Waals surface area contributed by atoms with E-state index in [0.29, 0.717) is 36.2 Å². The molecule has 7 heteroatoms. The Bertz CT molecular complexity index is 1100. The summed E-state index contributed by atoms with van der Waals surface area (Å²) < 4.78 is 6.78. The lowest BCUT2D eigenvalue weighted by atomic mass is 10.1. The van der Waals surface area contributed by atoms with Crippen LogP contribution in [0.25, 0.3) is 11.1 Å². The number of hydrogen-bond acceptors (Lipinski definition) is 4. The smallest absolute Gasteiger partial charge is 0.408 e. The van der Waals surface area contributed by atoms with Crippen LogP contribution >= 0.6 is 0 Å². The van der Waals surface area contributed by atoms with Crippen LogP contribution in [0.1, 0.15) is 29.3 Å². The van der Waals surface area contributed by atoms with E-state index < -0.39 is 5.76 Å². The van der Waals surface area contributed by atoms with Crippen molar-refractivity contribution in [3.05, 3.63) is 70.2 Å². The molecule has 0 fully saturated rings. The average molecular weight is 379 g/mol. The summed E-state index contributed by atoms with van der Waals surface area (Å²) in [5.74, 6) is -0.816. The molecule has 2 aromatic carbocycles. The van der Waals surface area contributed by atoms with Crippen molar-refractivity contribution in [2.75, 3.05) is 6.54 Å². The molecular formula is C21H21N3O4. The SMILES string of the molecule is CC[C@H](Cn1c(=O)oc2ccccc21)NC(=O)CN1Cc2ccccc2C1=O. The zero-order valence-corrected chi connectivity index (χ0v) is 15.6. The van der Waals surface area contributed by atoms with E-state index in [1.807, 2.05) is 37.3 Å². The van der Waals surface area contributed by atoms with Gasteiger partial charge in [-0.1, -0.05) is 37.3 Å². The number of hydrogen-bond donors (Lipinski definition) is 1. The lowest BCUT2D eigenvalue weighted by Gasteiger charge is -2.20. The summed E-state index contributed by atoms with van der Waals surface area (Å²) in [5, 5.41) is 2.94. The van der Waals surface area contributed by atoms with Gasteiger partial charge in [0.2, 0.25) is 5.91 Å². The number of fused-ring (bicyclic) bond motifs is 2. The topological polar surface area (TPSA) is 84.6 Å². The van der Waals surface area contributed by atoms with Crippen LogP contribution in [0.15, 0.2) is 57.7 Å². The van der Waals surface area contributed by atoms with Crippen LogP contribution in [-0.4, -0.2) is 33.9 Å². The molecule has 0 bridgehead atoms. The first-order chi connectivity index (χ1) is 13.6. The van der Waals surface area contributed by atoms with Crippen molar-refractivity contribution in [2.24, 2.45) is 0 Å². The minimum absolute atomic E-state index is 0.00888. The van der Waals surface area contributed by atoms with Gasteiger partial charge < -0.3 is 14.6 Å². The standard InChI is InChI=1S/C21H21N3O4/c1-2-15(12-24-17-9-5-6-10-18(17)28-21(24)27)22-19(25)13-23-11-14-7-3-4-8-16(14)20(23)26/h3-10,15H,2,11-13H2,1H3,(H,22,25)/t15-/m1/s1. The largest absolute Gasteiger partial charge is 0.420 e. The fraction of sp³-hybridized carbons (Fsp3) is 0.286. The highest BCUT2D eigenvalue weighted by atomic mass is 16.4. The van der Waals surface area contributed by atoms with Gasteiger partial charge in [0.25, 0.3) is 5.91 Å². The molecule has 0 aliphatic carbocycles. The minimum Gasteiger partial charge on any atom is -0.408 e. The zero-order valence-electron chi connectivity index (χ0n) is 15.6. The Hall–Kier alpha value is -3.35. The van der Waals surface area contributed by atoms with Crippen LogP contribution in [0.5, 0.6) is 0 Å². The number of nitrogens with zero attached hydrogens (tertiary/aromatic N) is 2. The Labute approximate surface area is 161 Å². The number of benzene rings is 2. The number of carbonyl (C=O) groups excluding carboxylic acids is 2. The maximum Gasteiger partial charge on any atom is 0.420 e. The van der Waals surface area contributed by atoms with Crippen molar-refractivity contribution in [3.8, 4) is 0 Å². The molecule has 0 spiro atoms. The molecule has 28 heavy (non-hydrogen) atoms. The van der Waals surface area contributed by atoms with E-state index in [2.05, 4.69) is 5.32 Å². The van der Waals surface area contributed by atoms with Crippen LogP contribution in [-0.2, 0) is 17.9 Å². The monoisotopic (exact) mass is 379 g/mol. The third-order valence-electron chi connectivity index (χ3n) is 5.07. The van der Waals surface area contributed by atoms with E-state index >= 15 is 0 Å². The molecular weight excluding hydrogens is 358 g/mol. The molecule has 0 unspecified atom stereocenters. The number of amides is 2. The van der Waals surface area contributed by atoms with Crippen molar-refractivity contribution in [3.63, 3.8) is 0 Å². The summed E-state index contributed by atoms with van der Waals surface area (Å²) in [4.78, 5) is 38.6. The first-order valence-electron chi connectivity index (χ1n) is 9.31. The molecule has 0 radical (unpaired) electrons. The Morgan fingerprint density at radius 2 is 1.89 bits per heavy atom. The first-order valence-corrected chi connectivity index (χ1v) is 9.31. The highest BCUT2D eigenvalue weighted by Gasteiger charge is 2.28.